The molecule has 0 saturated carbocycles. The molecule has 2 aliphatic rings. The fourth-order valence-electron chi connectivity index (χ4n) is 3.95. The van der Waals surface area contributed by atoms with Gasteiger partial charge in [-0.1, -0.05) is 24.8 Å². The molecule has 1 spiro atoms. The van der Waals surface area contributed by atoms with Crippen LogP contribution < -0.4 is 15.5 Å². The molecule has 2 aliphatic heterocycles. The maximum Gasteiger partial charge on any atom is 0.182 e. The van der Waals surface area contributed by atoms with Crippen LogP contribution in [0.2, 0.25) is 0 Å². The van der Waals surface area contributed by atoms with Crippen molar-refractivity contribution in [1.29, 1.82) is 0 Å². The Morgan fingerprint density at radius 3 is 2.79 bits per heavy atom. The lowest BCUT2D eigenvalue weighted by molar-refractivity contribution is -0.127. The summed E-state index contributed by atoms with van der Waals surface area (Å²) < 4.78 is 5.35. The van der Waals surface area contributed by atoms with Crippen molar-refractivity contribution >= 4 is 34.6 Å². The summed E-state index contributed by atoms with van der Waals surface area (Å²) in [7, 11) is 1.91. The third kappa shape index (κ3) is 3.27. The molecular weight excluding hydrogens is 364 g/mol. The van der Waals surface area contributed by atoms with E-state index in [1.807, 2.05) is 25.3 Å². The molecule has 2 N–H and O–H groups in total. The van der Waals surface area contributed by atoms with E-state index >= 15 is 0 Å². The summed E-state index contributed by atoms with van der Waals surface area (Å²) in [5, 5.41) is 6.55. The standard InChI is InChI=1S/C22H24N6O/c1-3-16-5-4-15(8-18(16)23-2)9-25-19-10-24-17-6-7-20(27-21(17)26-19)28-11-22(12-28)13-29-14-22/h3-8,10,23H,1,9,11-14H2,2H3,(H,25,26,27). The van der Waals surface area contributed by atoms with E-state index in [9.17, 15) is 0 Å². The molecule has 4 heterocycles. The zero-order chi connectivity index (χ0) is 19.8. The van der Waals surface area contributed by atoms with Gasteiger partial charge in [0.15, 0.2) is 5.65 Å². The molecule has 0 aliphatic carbocycles. The predicted molar refractivity (Wildman–Crippen MR) is 116 cm³/mol. The number of hydrogen-bond acceptors (Lipinski definition) is 7. The second-order valence-electron chi connectivity index (χ2n) is 7.85. The van der Waals surface area contributed by atoms with Crippen LogP contribution in [0.3, 0.4) is 0 Å². The van der Waals surface area contributed by atoms with Crippen LogP contribution in [-0.4, -0.2) is 48.3 Å². The maximum atomic E-state index is 5.35. The lowest BCUT2D eigenvalue weighted by Gasteiger charge is -2.55. The van der Waals surface area contributed by atoms with Crippen LogP contribution in [0.4, 0.5) is 17.3 Å². The molecule has 0 atom stereocenters. The van der Waals surface area contributed by atoms with Gasteiger partial charge in [-0.3, -0.25) is 0 Å². The van der Waals surface area contributed by atoms with E-state index < -0.39 is 0 Å². The molecule has 148 valence electrons. The number of anilines is 3. The summed E-state index contributed by atoms with van der Waals surface area (Å²) in [5.41, 5.74) is 5.11. The summed E-state index contributed by atoms with van der Waals surface area (Å²) in [4.78, 5) is 16.2. The molecule has 2 saturated heterocycles. The van der Waals surface area contributed by atoms with Crippen LogP contribution in [0.5, 0.6) is 0 Å². The molecule has 2 fully saturated rings. The van der Waals surface area contributed by atoms with Gasteiger partial charge in [0.2, 0.25) is 0 Å². The number of fused-ring (bicyclic) bond motifs is 1. The molecular formula is C22H24N6O. The van der Waals surface area contributed by atoms with Crippen molar-refractivity contribution in [3.05, 3.63) is 54.2 Å². The highest BCUT2D eigenvalue weighted by Gasteiger charge is 2.49. The van der Waals surface area contributed by atoms with Crippen LogP contribution in [0.25, 0.3) is 17.2 Å². The number of hydrogen-bond donors (Lipinski definition) is 2. The van der Waals surface area contributed by atoms with Crippen LogP contribution in [0.1, 0.15) is 11.1 Å². The number of pyridine rings is 1. The average molecular weight is 388 g/mol. The number of ether oxygens (including phenoxy) is 1. The Hall–Kier alpha value is -3.19. The van der Waals surface area contributed by atoms with Gasteiger partial charge in [0.1, 0.15) is 17.2 Å². The minimum Gasteiger partial charge on any atom is -0.388 e. The summed E-state index contributed by atoms with van der Waals surface area (Å²) in [6.45, 7) is 8.25. The first kappa shape index (κ1) is 17.9. The summed E-state index contributed by atoms with van der Waals surface area (Å²) in [6, 6.07) is 10.3. The Balaban J connectivity index is 1.31. The van der Waals surface area contributed by atoms with Gasteiger partial charge in [0.25, 0.3) is 0 Å². The van der Waals surface area contributed by atoms with Gasteiger partial charge in [-0.05, 0) is 29.3 Å². The molecule has 0 bridgehead atoms. The van der Waals surface area contributed by atoms with Crippen molar-refractivity contribution in [3.63, 3.8) is 0 Å². The maximum absolute atomic E-state index is 5.35. The van der Waals surface area contributed by atoms with E-state index in [1.54, 1.807) is 6.20 Å². The topological polar surface area (TPSA) is 75.2 Å². The van der Waals surface area contributed by atoms with Gasteiger partial charge >= 0.3 is 0 Å². The number of rotatable bonds is 6. The van der Waals surface area contributed by atoms with Crippen molar-refractivity contribution in [3.8, 4) is 0 Å². The normalized spacial score (nSPS) is 16.9. The Morgan fingerprint density at radius 2 is 2.07 bits per heavy atom. The van der Waals surface area contributed by atoms with E-state index in [4.69, 9.17) is 9.72 Å². The van der Waals surface area contributed by atoms with Crippen molar-refractivity contribution in [2.75, 3.05) is 48.9 Å². The highest BCUT2D eigenvalue weighted by atomic mass is 16.5. The van der Waals surface area contributed by atoms with Crippen molar-refractivity contribution in [1.82, 2.24) is 15.0 Å². The molecule has 0 radical (unpaired) electrons. The van der Waals surface area contributed by atoms with Gasteiger partial charge in [0.05, 0.1) is 24.8 Å². The minimum atomic E-state index is 0.360. The van der Waals surface area contributed by atoms with Crippen molar-refractivity contribution in [2.24, 2.45) is 5.41 Å². The third-order valence-corrected chi connectivity index (χ3v) is 5.67. The van der Waals surface area contributed by atoms with Crippen LogP contribution in [0, 0.1) is 5.41 Å². The number of nitrogens with one attached hydrogen (secondary N) is 2. The van der Waals surface area contributed by atoms with Gasteiger partial charge in [-0.25, -0.2) is 15.0 Å². The van der Waals surface area contributed by atoms with Crippen LogP contribution >= 0.6 is 0 Å². The molecule has 7 heteroatoms. The first-order valence-corrected chi connectivity index (χ1v) is 9.82. The van der Waals surface area contributed by atoms with E-state index in [1.165, 1.54) is 0 Å². The molecule has 2 aromatic heterocycles. The first-order chi connectivity index (χ1) is 14.2. The fourth-order valence-corrected chi connectivity index (χ4v) is 3.95. The third-order valence-electron chi connectivity index (χ3n) is 5.67. The van der Waals surface area contributed by atoms with Gasteiger partial charge in [-0.2, -0.15) is 0 Å². The second-order valence-corrected chi connectivity index (χ2v) is 7.85. The zero-order valence-electron chi connectivity index (χ0n) is 16.5. The largest absolute Gasteiger partial charge is 0.388 e. The van der Waals surface area contributed by atoms with Gasteiger partial charge in [0, 0.05) is 32.4 Å². The van der Waals surface area contributed by atoms with E-state index in [0.717, 1.165) is 54.5 Å². The number of aromatic nitrogens is 3. The van der Waals surface area contributed by atoms with Crippen molar-refractivity contribution in [2.45, 2.75) is 6.54 Å². The second kappa shape index (κ2) is 7.00. The molecule has 7 nitrogen and oxygen atoms in total. The summed E-state index contributed by atoms with van der Waals surface area (Å²) in [5.74, 6) is 1.67. The SMILES string of the molecule is C=Cc1ccc(CNc2cnc3ccc(N4CC5(COC5)C4)nc3n2)cc1NC. The molecule has 29 heavy (non-hydrogen) atoms. The quantitative estimate of drug-likeness (QED) is 0.672. The molecule has 3 aromatic rings. The Kier molecular flexibility index (Phi) is 4.32. The highest BCUT2D eigenvalue weighted by molar-refractivity contribution is 5.74. The summed E-state index contributed by atoms with van der Waals surface area (Å²) in [6.07, 6.45) is 3.60. The first-order valence-electron chi connectivity index (χ1n) is 9.82. The van der Waals surface area contributed by atoms with Gasteiger partial charge in [-0.15, -0.1) is 0 Å². The number of benzene rings is 1. The molecule has 0 unspecified atom stereocenters. The smallest absolute Gasteiger partial charge is 0.182 e. The zero-order valence-corrected chi connectivity index (χ0v) is 16.5. The van der Waals surface area contributed by atoms with E-state index in [2.05, 4.69) is 50.3 Å². The minimum absolute atomic E-state index is 0.360. The molecule has 1 aromatic carbocycles. The van der Waals surface area contributed by atoms with Crippen molar-refractivity contribution < 1.29 is 4.74 Å². The number of nitrogens with zero attached hydrogens (tertiary/aromatic N) is 4. The Bertz CT molecular complexity index is 1070. The molecule has 5 rings (SSSR count). The lowest BCUT2D eigenvalue weighted by atomic mass is 9.78. The fraction of sp³-hybridized carbons (Fsp3) is 0.318. The van der Waals surface area contributed by atoms with E-state index in [0.29, 0.717) is 23.4 Å². The average Bonchev–Trinajstić information content (AvgIpc) is 2.69. The Morgan fingerprint density at radius 1 is 1.21 bits per heavy atom. The predicted octanol–water partition coefficient (Wildman–Crippen LogP) is 3.16. The van der Waals surface area contributed by atoms with Gasteiger partial charge < -0.3 is 20.3 Å². The monoisotopic (exact) mass is 388 g/mol. The lowest BCUT2D eigenvalue weighted by Crippen LogP contribution is -2.66. The summed E-state index contributed by atoms with van der Waals surface area (Å²) >= 11 is 0. The molecule has 0 amide bonds. The van der Waals surface area contributed by atoms with E-state index in [-0.39, 0.29) is 0 Å². The Labute approximate surface area is 169 Å². The van der Waals surface area contributed by atoms with Crippen LogP contribution in [0.15, 0.2) is 43.1 Å². The van der Waals surface area contributed by atoms with Crippen LogP contribution in [-0.2, 0) is 11.3 Å². The highest BCUT2D eigenvalue weighted by Crippen LogP contribution is 2.39.